The molecule has 0 amide bonds. The second kappa shape index (κ2) is 6.67. The van der Waals surface area contributed by atoms with Crippen LogP contribution in [-0.2, 0) is 10.0 Å². The number of nitrogens with zero attached hydrogens (tertiary/aromatic N) is 1. The van der Waals surface area contributed by atoms with Crippen LogP contribution in [0.5, 0.6) is 5.75 Å². The fourth-order valence-corrected chi connectivity index (χ4v) is 5.25. The maximum atomic E-state index is 13.0. The van der Waals surface area contributed by atoms with Crippen LogP contribution in [0, 0.1) is 6.92 Å². The zero-order valence-electron chi connectivity index (χ0n) is 12.7. The first-order valence-electron chi connectivity index (χ1n) is 7.27. The minimum Gasteiger partial charge on any atom is -0.495 e. The summed E-state index contributed by atoms with van der Waals surface area (Å²) in [5.41, 5.74) is 0.955. The topological polar surface area (TPSA) is 46.6 Å². The van der Waals surface area contributed by atoms with Gasteiger partial charge in [-0.2, -0.15) is 4.31 Å². The van der Waals surface area contributed by atoms with Crippen molar-refractivity contribution in [3.05, 3.63) is 22.2 Å². The predicted octanol–water partition coefficient (Wildman–Crippen LogP) is 3.72. The van der Waals surface area contributed by atoms with Crippen LogP contribution in [0.3, 0.4) is 0 Å². The number of ether oxygens (including phenoxy) is 1. The zero-order chi connectivity index (χ0) is 15.6. The lowest BCUT2D eigenvalue weighted by Gasteiger charge is -2.34. The van der Waals surface area contributed by atoms with Gasteiger partial charge in [-0.25, -0.2) is 8.42 Å². The maximum absolute atomic E-state index is 13.0. The summed E-state index contributed by atoms with van der Waals surface area (Å²) in [5, 5.41) is 0. The summed E-state index contributed by atoms with van der Waals surface area (Å²) in [7, 11) is -2.02. The molecule has 0 aromatic heterocycles. The molecule has 1 aromatic rings. The van der Waals surface area contributed by atoms with Crippen LogP contribution in [0.15, 0.2) is 21.5 Å². The molecule has 1 aliphatic rings. The van der Waals surface area contributed by atoms with Crippen molar-refractivity contribution in [2.75, 3.05) is 13.7 Å². The number of benzene rings is 1. The Balaban J connectivity index is 2.50. The van der Waals surface area contributed by atoms with E-state index in [2.05, 4.69) is 15.9 Å². The van der Waals surface area contributed by atoms with Gasteiger partial charge in [0.25, 0.3) is 0 Å². The van der Waals surface area contributed by atoms with Gasteiger partial charge in [-0.3, -0.25) is 0 Å². The molecule has 118 valence electrons. The van der Waals surface area contributed by atoms with E-state index < -0.39 is 10.0 Å². The van der Waals surface area contributed by atoms with Gasteiger partial charge < -0.3 is 4.74 Å². The molecule has 1 heterocycles. The van der Waals surface area contributed by atoms with Crippen LogP contribution in [0.2, 0.25) is 0 Å². The van der Waals surface area contributed by atoms with Crippen LogP contribution in [-0.4, -0.2) is 32.4 Å². The smallest absolute Gasteiger partial charge is 0.247 e. The molecule has 0 unspecified atom stereocenters. The van der Waals surface area contributed by atoms with Crippen molar-refractivity contribution in [1.82, 2.24) is 4.31 Å². The molecule has 0 saturated carbocycles. The fourth-order valence-electron chi connectivity index (χ4n) is 2.82. The summed E-state index contributed by atoms with van der Waals surface area (Å²) in [5.74, 6) is 0.413. The zero-order valence-corrected chi connectivity index (χ0v) is 15.1. The minimum atomic E-state index is -3.53. The van der Waals surface area contributed by atoms with Gasteiger partial charge in [0.1, 0.15) is 10.6 Å². The molecule has 0 spiro atoms. The number of hydrogen-bond donors (Lipinski definition) is 0. The van der Waals surface area contributed by atoms with Crippen molar-refractivity contribution in [2.24, 2.45) is 0 Å². The maximum Gasteiger partial charge on any atom is 0.247 e. The highest BCUT2D eigenvalue weighted by atomic mass is 79.9. The van der Waals surface area contributed by atoms with Gasteiger partial charge in [-0.1, -0.05) is 29.3 Å². The van der Waals surface area contributed by atoms with Crippen LogP contribution >= 0.6 is 15.9 Å². The van der Waals surface area contributed by atoms with Gasteiger partial charge in [-0.15, -0.1) is 0 Å². The van der Waals surface area contributed by atoms with Gasteiger partial charge in [0.2, 0.25) is 10.0 Å². The third-order valence-electron chi connectivity index (χ3n) is 4.08. The first-order chi connectivity index (χ1) is 9.91. The predicted molar refractivity (Wildman–Crippen MR) is 87.3 cm³/mol. The van der Waals surface area contributed by atoms with Crippen molar-refractivity contribution in [1.29, 1.82) is 0 Å². The first-order valence-corrected chi connectivity index (χ1v) is 9.51. The second-order valence-electron chi connectivity index (χ2n) is 5.43. The quantitative estimate of drug-likeness (QED) is 0.805. The fraction of sp³-hybridized carbons (Fsp3) is 0.600. The van der Waals surface area contributed by atoms with Gasteiger partial charge in [0.15, 0.2) is 0 Å². The molecule has 6 heteroatoms. The van der Waals surface area contributed by atoms with E-state index in [1.165, 1.54) is 7.11 Å². The van der Waals surface area contributed by atoms with Gasteiger partial charge in [0.05, 0.1) is 7.11 Å². The van der Waals surface area contributed by atoms with E-state index in [1.54, 1.807) is 16.4 Å². The van der Waals surface area contributed by atoms with E-state index in [9.17, 15) is 8.42 Å². The third-order valence-corrected chi connectivity index (χ3v) is 6.90. The Morgan fingerprint density at radius 1 is 1.38 bits per heavy atom. The van der Waals surface area contributed by atoms with E-state index in [0.717, 1.165) is 35.7 Å². The van der Waals surface area contributed by atoms with E-state index in [4.69, 9.17) is 4.74 Å². The van der Waals surface area contributed by atoms with Crippen LogP contribution in [0.4, 0.5) is 0 Å². The standard InChI is InChI=1S/C15H22BrNO3S/c1-4-12-7-5-6-8-17(12)21(18,19)15-10-13(16)11(2)9-14(15)20-3/h9-10,12H,4-8H2,1-3H3/t12-/m0/s1. The minimum absolute atomic E-state index is 0.0912. The van der Waals surface area contributed by atoms with E-state index in [-0.39, 0.29) is 10.9 Å². The summed E-state index contributed by atoms with van der Waals surface area (Å²) in [6.45, 7) is 4.55. The Labute approximate surface area is 135 Å². The van der Waals surface area contributed by atoms with Crippen molar-refractivity contribution in [3.63, 3.8) is 0 Å². The SMILES string of the molecule is CC[C@H]1CCCCN1S(=O)(=O)c1cc(Br)c(C)cc1OC. The molecule has 0 radical (unpaired) electrons. The molecule has 21 heavy (non-hydrogen) atoms. The lowest BCUT2D eigenvalue weighted by Crippen LogP contribution is -2.43. The first kappa shape index (κ1) is 16.8. The molecular formula is C15H22BrNO3S. The number of piperidine rings is 1. The highest BCUT2D eigenvalue weighted by Crippen LogP contribution is 2.35. The summed E-state index contributed by atoms with van der Waals surface area (Å²) < 4.78 is 33.8. The summed E-state index contributed by atoms with van der Waals surface area (Å²) >= 11 is 3.42. The molecular weight excluding hydrogens is 354 g/mol. The number of halogens is 1. The highest BCUT2D eigenvalue weighted by Gasteiger charge is 2.34. The summed E-state index contributed by atoms with van der Waals surface area (Å²) in [4.78, 5) is 0.253. The number of methoxy groups -OCH3 is 1. The largest absolute Gasteiger partial charge is 0.495 e. The monoisotopic (exact) mass is 375 g/mol. The van der Waals surface area contributed by atoms with Crippen LogP contribution < -0.4 is 4.74 Å². The summed E-state index contributed by atoms with van der Waals surface area (Å²) in [6, 6.07) is 3.51. The lowest BCUT2D eigenvalue weighted by atomic mass is 10.0. The van der Waals surface area contributed by atoms with Crippen molar-refractivity contribution >= 4 is 26.0 Å². The van der Waals surface area contributed by atoms with E-state index in [0.29, 0.717) is 12.3 Å². The Morgan fingerprint density at radius 3 is 2.71 bits per heavy atom. The average Bonchev–Trinajstić information content (AvgIpc) is 2.49. The van der Waals surface area contributed by atoms with Gasteiger partial charge >= 0.3 is 0 Å². The van der Waals surface area contributed by atoms with Gasteiger partial charge in [0, 0.05) is 17.1 Å². The van der Waals surface area contributed by atoms with E-state index in [1.807, 2.05) is 13.8 Å². The van der Waals surface area contributed by atoms with Crippen LogP contribution in [0.25, 0.3) is 0 Å². The average molecular weight is 376 g/mol. The number of rotatable bonds is 4. The Kier molecular flexibility index (Phi) is 5.33. The summed E-state index contributed by atoms with van der Waals surface area (Å²) in [6.07, 6.45) is 3.80. The van der Waals surface area contributed by atoms with Gasteiger partial charge in [-0.05, 0) is 43.9 Å². The molecule has 4 nitrogen and oxygen atoms in total. The molecule has 0 bridgehead atoms. The Morgan fingerprint density at radius 2 is 2.10 bits per heavy atom. The molecule has 1 fully saturated rings. The van der Waals surface area contributed by atoms with Crippen molar-refractivity contribution in [2.45, 2.75) is 50.5 Å². The lowest BCUT2D eigenvalue weighted by molar-refractivity contribution is 0.246. The normalized spacial score (nSPS) is 20.5. The van der Waals surface area contributed by atoms with Crippen molar-refractivity contribution in [3.8, 4) is 5.75 Å². The Hall–Kier alpha value is -0.590. The third kappa shape index (κ3) is 3.27. The molecule has 1 atom stereocenters. The molecule has 0 N–H and O–H groups in total. The molecule has 2 rings (SSSR count). The van der Waals surface area contributed by atoms with Crippen molar-refractivity contribution < 1.29 is 13.2 Å². The molecule has 0 aliphatic carbocycles. The van der Waals surface area contributed by atoms with E-state index >= 15 is 0 Å². The molecule has 1 saturated heterocycles. The Bertz CT molecular complexity index is 616. The number of sulfonamides is 1. The second-order valence-corrected chi connectivity index (χ2v) is 8.14. The number of hydrogen-bond acceptors (Lipinski definition) is 3. The molecule has 1 aliphatic heterocycles. The highest BCUT2D eigenvalue weighted by molar-refractivity contribution is 9.10. The number of aryl methyl sites for hydroxylation is 1. The van der Waals surface area contributed by atoms with Crippen LogP contribution in [0.1, 0.15) is 38.2 Å². The molecule has 1 aromatic carbocycles.